The van der Waals surface area contributed by atoms with Crippen LogP contribution in [0.5, 0.6) is 0 Å². The first-order valence-corrected chi connectivity index (χ1v) is 7.15. The number of aromatic nitrogens is 2. The van der Waals surface area contributed by atoms with Gasteiger partial charge in [-0.15, -0.1) is 0 Å². The third-order valence-electron chi connectivity index (χ3n) is 3.81. The van der Waals surface area contributed by atoms with Gasteiger partial charge in [0.25, 0.3) is 0 Å². The predicted octanol–water partition coefficient (Wildman–Crippen LogP) is 1.72. The molecule has 1 aliphatic rings. The first kappa shape index (κ1) is 16.9. The highest BCUT2D eigenvalue weighted by atomic mass is 19.4. The molecule has 25 heavy (non-hydrogen) atoms. The predicted molar refractivity (Wildman–Crippen MR) is 78.8 cm³/mol. The maximum absolute atomic E-state index is 13.1. The molecule has 1 N–H and O–H groups in total. The number of nitriles is 1. The Morgan fingerprint density at radius 1 is 1.28 bits per heavy atom. The number of fused-ring (bicyclic) bond motifs is 1. The van der Waals surface area contributed by atoms with Gasteiger partial charge in [-0.05, 0) is 12.1 Å². The van der Waals surface area contributed by atoms with Crippen molar-refractivity contribution in [1.29, 1.82) is 5.26 Å². The summed E-state index contributed by atoms with van der Waals surface area (Å²) in [7, 11) is 0. The smallest absolute Gasteiger partial charge is 0.416 e. The highest BCUT2D eigenvalue weighted by Crippen LogP contribution is 2.33. The van der Waals surface area contributed by atoms with Crippen LogP contribution in [0.15, 0.2) is 24.5 Å². The Kier molecular flexibility index (Phi) is 4.18. The number of halogens is 3. The van der Waals surface area contributed by atoms with E-state index in [0.717, 1.165) is 0 Å². The Bertz CT molecular complexity index is 865. The Morgan fingerprint density at radius 3 is 2.56 bits per heavy atom. The molecule has 2 atom stereocenters. The van der Waals surface area contributed by atoms with Crippen LogP contribution < -0.4 is 4.90 Å². The van der Waals surface area contributed by atoms with E-state index in [0.29, 0.717) is 0 Å². The number of benzene rings is 1. The summed E-state index contributed by atoms with van der Waals surface area (Å²) in [5.74, 6) is -1.48. The molecular formula is C15H11F3N4O3. The summed E-state index contributed by atoms with van der Waals surface area (Å²) < 4.78 is 43.9. The van der Waals surface area contributed by atoms with Crippen LogP contribution in [-0.4, -0.2) is 52.5 Å². The van der Waals surface area contributed by atoms with Crippen molar-refractivity contribution in [2.24, 2.45) is 0 Å². The molecule has 3 rings (SSSR count). The molecular weight excluding hydrogens is 341 g/mol. The molecule has 1 aliphatic heterocycles. The van der Waals surface area contributed by atoms with Gasteiger partial charge in [0, 0.05) is 12.4 Å². The maximum atomic E-state index is 13.1. The molecule has 0 bridgehead atoms. The van der Waals surface area contributed by atoms with Crippen LogP contribution >= 0.6 is 0 Å². The Labute approximate surface area is 139 Å². The van der Waals surface area contributed by atoms with E-state index in [1.54, 1.807) is 0 Å². The van der Waals surface area contributed by atoms with Crippen molar-refractivity contribution in [1.82, 2.24) is 9.97 Å². The SMILES string of the molecule is N#Cc1ccc(N2C[C@@H](C(=O)O)O[C@@H](C(F)(F)F)C2)c2nccnc12. The van der Waals surface area contributed by atoms with Gasteiger partial charge < -0.3 is 14.7 Å². The number of morpholine rings is 1. The molecule has 10 heteroatoms. The zero-order chi connectivity index (χ0) is 18.2. The first-order chi connectivity index (χ1) is 11.8. The van der Waals surface area contributed by atoms with Crippen molar-refractivity contribution in [3.63, 3.8) is 0 Å². The second-order valence-electron chi connectivity index (χ2n) is 5.40. The minimum atomic E-state index is -4.71. The van der Waals surface area contributed by atoms with Gasteiger partial charge >= 0.3 is 12.1 Å². The van der Waals surface area contributed by atoms with Crippen LogP contribution in [-0.2, 0) is 9.53 Å². The van der Waals surface area contributed by atoms with E-state index in [-0.39, 0.29) is 28.8 Å². The number of hydrogen-bond acceptors (Lipinski definition) is 6. The Morgan fingerprint density at radius 2 is 1.96 bits per heavy atom. The van der Waals surface area contributed by atoms with Crippen molar-refractivity contribution in [3.05, 3.63) is 30.1 Å². The van der Waals surface area contributed by atoms with Gasteiger partial charge in [0.2, 0.25) is 0 Å². The highest BCUT2D eigenvalue weighted by Gasteiger charge is 2.47. The fourth-order valence-corrected chi connectivity index (χ4v) is 2.66. The lowest BCUT2D eigenvalue weighted by Gasteiger charge is -2.38. The Balaban J connectivity index is 2.07. The van der Waals surface area contributed by atoms with Gasteiger partial charge in [0.15, 0.2) is 12.2 Å². The average molecular weight is 352 g/mol. The van der Waals surface area contributed by atoms with Gasteiger partial charge in [0.05, 0.1) is 24.3 Å². The van der Waals surface area contributed by atoms with Gasteiger partial charge in [-0.25, -0.2) is 4.79 Å². The quantitative estimate of drug-likeness (QED) is 0.878. The number of nitrogens with zero attached hydrogens (tertiary/aromatic N) is 4. The lowest BCUT2D eigenvalue weighted by molar-refractivity contribution is -0.236. The zero-order valence-electron chi connectivity index (χ0n) is 12.6. The number of carbonyl (C=O) groups is 1. The number of ether oxygens (including phenoxy) is 1. The molecule has 1 fully saturated rings. The molecule has 0 spiro atoms. The first-order valence-electron chi connectivity index (χ1n) is 7.15. The lowest BCUT2D eigenvalue weighted by Crippen LogP contribution is -2.55. The van der Waals surface area contributed by atoms with Gasteiger partial charge in [0.1, 0.15) is 17.1 Å². The number of aliphatic carboxylic acids is 1. The fraction of sp³-hybridized carbons (Fsp3) is 0.333. The third kappa shape index (κ3) is 3.18. The minimum absolute atomic E-state index is 0.224. The molecule has 2 heterocycles. The van der Waals surface area contributed by atoms with Gasteiger partial charge in [-0.1, -0.05) is 0 Å². The van der Waals surface area contributed by atoms with E-state index >= 15 is 0 Å². The van der Waals surface area contributed by atoms with E-state index in [1.165, 1.54) is 29.4 Å². The molecule has 0 aliphatic carbocycles. The van der Waals surface area contributed by atoms with E-state index in [2.05, 4.69) is 14.7 Å². The third-order valence-corrected chi connectivity index (χ3v) is 3.81. The minimum Gasteiger partial charge on any atom is -0.479 e. The van der Waals surface area contributed by atoms with E-state index in [9.17, 15) is 18.0 Å². The maximum Gasteiger partial charge on any atom is 0.416 e. The summed E-state index contributed by atoms with van der Waals surface area (Å²) >= 11 is 0. The van der Waals surface area contributed by atoms with E-state index in [4.69, 9.17) is 10.4 Å². The monoisotopic (exact) mass is 352 g/mol. The molecule has 130 valence electrons. The van der Waals surface area contributed by atoms with Crippen LogP contribution in [0.3, 0.4) is 0 Å². The number of carboxylic acid groups (broad SMARTS) is 1. The number of anilines is 1. The molecule has 0 radical (unpaired) electrons. The van der Waals surface area contributed by atoms with Crippen LogP contribution in [0.25, 0.3) is 11.0 Å². The summed E-state index contributed by atoms with van der Waals surface area (Å²) in [6.45, 7) is -0.857. The number of alkyl halides is 3. The van der Waals surface area contributed by atoms with Crippen LogP contribution in [0.2, 0.25) is 0 Å². The fourth-order valence-electron chi connectivity index (χ4n) is 2.66. The standard InChI is InChI=1S/C15H11F3N4O3/c16-15(17,18)11-7-22(6-10(25-11)14(23)24)9-2-1-8(5-19)12-13(9)21-4-3-20-12/h1-4,10-11H,6-7H2,(H,23,24)/t10-,11+/m0/s1. The molecule has 0 unspecified atom stereocenters. The summed E-state index contributed by atoms with van der Waals surface area (Å²) in [5, 5.41) is 18.2. The number of carboxylic acids is 1. The zero-order valence-corrected chi connectivity index (χ0v) is 12.6. The van der Waals surface area contributed by atoms with Crippen LogP contribution in [0, 0.1) is 11.3 Å². The van der Waals surface area contributed by atoms with E-state index < -0.39 is 30.9 Å². The van der Waals surface area contributed by atoms with Crippen molar-refractivity contribution < 1.29 is 27.8 Å². The molecule has 1 saturated heterocycles. The summed E-state index contributed by atoms with van der Waals surface area (Å²) in [6.07, 6.45) is -5.87. The normalized spacial score (nSPS) is 21.1. The summed E-state index contributed by atoms with van der Waals surface area (Å²) in [4.78, 5) is 20.6. The molecule has 2 aromatic rings. The van der Waals surface area contributed by atoms with Crippen molar-refractivity contribution in [2.75, 3.05) is 18.0 Å². The van der Waals surface area contributed by atoms with Gasteiger partial charge in [-0.3, -0.25) is 9.97 Å². The summed E-state index contributed by atoms with van der Waals surface area (Å²) in [6, 6.07) is 4.79. The number of rotatable bonds is 2. The van der Waals surface area contributed by atoms with E-state index in [1.807, 2.05) is 6.07 Å². The average Bonchev–Trinajstić information content (AvgIpc) is 2.59. The Hall–Kier alpha value is -2.93. The molecule has 7 nitrogen and oxygen atoms in total. The van der Waals surface area contributed by atoms with Crippen molar-refractivity contribution in [3.8, 4) is 6.07 Å². The van der Waals surface area contributed by atoms with Gasteiger partial charge in [-0.2, -0.15) is 18.4 Å². The summed E-state index contributed by atoms with van der Waals surface area (Å²) in [5.41, 5.74) is 0.964. The largest absolute Gasteiger partial charge is 0.479 e. The second-order valence-corrected chi connectivity index (χ2v) is 5.40. The lowest BCUT2D eigenvalue weighted by atomic mass is 10.1. The molecule has 0 amide bonds. The highest BCUT2D eigenvalue weighted by molar-refractivity contribution is 5.92. The van der Waals surface area contributed by atoms with Crippen molar-refractivity contribution >= 4 is 22.7 Å². The van der Waals surface area contributed by atoms with Crippen LogP contribution in [0.4, 0.5) is 18.9 Å². The molecule has 0 saturated carbocycles. The number of hydrogen-bond donors (Lipinski definition) is 1. The molecule has 1 aromatic heterocycles. The molecule has 1 aromatic carbocycles. The van der Waals surface area contributed by atoms with Crippen LogP contribution in [0.1, 0.15) is 5.56 Å². The second kappa shape index (κ2) is 6.18. The topological polar surface area (TPSA) is 99.3 Å². The van der Waals surface area contributed by atoms with Crippen molar-refractivity contribution in [2.45, 2.75) is 18.4 Å².